The summed E-state index contributed by atoms with van der Waals surface area (Å²) < 4.78 is 0. The van der Waals surface area contributed by atoms with Gasteiger partial charge in [0.25, 0.3) is 0 Å². The SMILES string of the molecule is O=C(O)CSCC(=O)c1ccc(Cl)c(Cl)c1. The number of carbonyl (C=O) groups excluding carboxylic acids is 1. The van der Waals surface area contributed by atoms with E-state index in [9.17, 15) is 9.59 Å². The fourth-order valence-corrected chi connectivity index (χ4v) is 1.91. The zero-order chi connectivity index (χ0) is 12.1. The van der Waals surface area contributed by atoms with Crippen molar-refractivity contribution in [2.75, 3.05) is 11.5 Å². The number of halogens is 2. The van der Waals surface area contributed by atoms with Crippen molar-refractivity contribution < 1.29 is 14.7 Å². The number of carboxylic acid groups (broad SMARTS) is 1. The van der Waals surface area contributed by atoms with E-state index in [1.165, 1.54) is 6.07 Å². The number of benzene rings is 1. The molecule has 0 aliphatic carbocycles. The van der Waals surface area contributed by atoms with Crippen LogP contribution in [0.5, 0.6) is 0 Å². The summed E-state index contributed by atoms with van der Waals surface area (Å²) in [4.78, 5) is 21.8. The summed E-state index contributed by atoms with van der Waals surface area (Å²) in [7, 11) is 0. The first-order valence-electron chi connectivity index (χ1n) is 4.28. The fourth-order valence-electron chi connectivity index (χ4n) is 0.984. The van der Waals surface area contributed by atoms with E-state index in [0.717, 1.165) is 11.8 Å². The van der Waals surface area contributed by atoms with Crippen LogP contribution >= 0.6 is 35.0 Å². The quantitative estimate of drug-likeness (QED) is 0.842. The first-order chi connectivity index (χ1) is 7.50. The molecule has 1 N–H and O–H groups in total. The van der Waals surface area contributed by atoms with Gasteiger partial charge in [-0.05, 0) is 18.2 Å². The van der Waals surface area contributed by atoms with Crippen molar-refractivity contribution in [1.82, 2.24) is 0 Å². The van der Waals surface area contributed by atoms with Crippen LogP contribution in [0.25, 0.3) is 0 Å². The summed E-state index contributed by atoms with van der Waals surface area (Å²) in [6.45, 7) is 0. The van der Waals surface area contributed by atoms with Crippen LogP contribution in [0.2, 0.25) is 10.0 Å². The van der Waals surface area contributed by atoms with Crippen LogP contribution in [0.3, 0.4) is 0 Å². The van der Waals surface area contributed by atoms with E-state index in [0.29, 0.717) is 15.6 Å². The van der Waals surface area contributed by atoms with Crippen LogP contribution < -0.4 is 0 Å². The van der Waals surface area contributed by atoms with Crippen molar-refractivity contribution in [3.8, 4) is 0 Å². The minimum absolute atomic E-state index is 0.0902. The van der Waals surface area contributed by atoms with E-state index in [-0.39, 0.29) is 17.3 Å². The van der Waals surface area contributed by atoms with Crippen LogP contribution in [0.4, 0.5) is 0 Å². The lowest BCUT2D eigenvalue weighted by atomic mass is 10.1. The number of carbonyl (C=O) groups is 2. The molecule has 1 aromatic rings. The van der Waals surface area contributed by atoms with E-state index in [1.807, 2.05) is 0 Å². The molecule has 0 aromatic heterocycles. The van der Waals surface area contributed by atoms with Crippen molar-refractivity contribution in [1.29, 1.82) is 0 Å². The number of Topliss-reactive ketones (excluding diaryl/α,β-unsaturated/α-hetero) is 1. The summed E-state index contributed by atoms with van der Waals surface area (Å²) >= 11 is 12.5. The molecule has 0 unspecified atom stereocenters. The number of hydrogen-bond acceptors (Lipinski definition) is 3. The lowest BCUT2D eigenvalue weighted by Gasteiger charge is -2.01. The molecule has 0 atom stereocenters. The van der Waals surface area contributed by atoms with Crippen LogP contribution in [0.1, 0.15) is 10.4 Å². The Morgan fingerprint density at radius 3 is 2.44 bits per heavy atom. The Morgan fingerprint density at radius 2 is 1.88 bits per heavy atom. The Bertz CT molecular complexity index is 421. The topological polar surface area (TPSA) is 54.4 Å². The molecule has 1 aromatic carbocycles. The maximum absolute atomic E-state index is 11.6. The highest BCUT2D eigenvalue weighted by atomic mass is 35.5. The van der Waals surface area contributed by atoms with Gasteiger partial charge in [-0.2, -0.15) is 0 Å². The summed E-state index contributed by atoms with van der Waals surface area (Å²) in [6.07, 6.45) is 0. The Morgan fingerprint density at radius 1 is 1.19 bits per heavy atom. The highest BCUT2D eigenvalue weighted by Gasteiger charge is 2.09. The molecule has 0 radical (unpaired) electrons. The van der Waals surface area contributed by atoms with Gasteiger partial charge in [0.1, 0.15) is 0 Å². The summed E-state index contributed by atoms with van der Waals surface area (Å²) in [6, 6.07) is 4.59. The van der Waals surface area contributed by atoms with Crippen LogP contribution in [-0.2, 0) is 4.79 Å². The van der Waals surface area contributed by atoms with E-state index in [4.69, 9.17) is 28.3 Å². The van der Waals surface area contributed by atoms with Gasteiger partial charge in [-0.3, -0.25) is 9.59 Å². The van der Waals surface area contributed by atoms with Crippen molar-refractivity contribution in [2.45, 2.75) is 0 Å². The predicted molar refractivity (Wildman–Crippen MR) is 65.8 cm³/mol. The first kappa shape index (κ1) is 13.4. The number of rotatable bonds is 5. The third-order valence-corrected chi connectivity index (χ3v) is 3.36. The molecule has 0 fully saturated rings. The molecule has 86 valence electrons. The molecule has 1 rings (SSSR count). The highest BCUT2D eigenvalue weighted by Crippen LogP contribution is 2.23. The number of hydrogen-bond donors (Lipinski definition) is 1. The zero-order valence-electron chi connectivity index (χ0n) is 8.07. The molecule has 6 heteroatoms. The molecule has 3 nitrogen and oxygen atoms in total. The van der Waals surface area contributed by atoms with Crippen LogP contribution in [0.15, 0.2) is 18.2 Å². The Hall–Kier alpha value is -0.710. The number of aliphatic carboxylic acids is 1. The van der Waals surface area contributed by atoms with Gasteiger partial charge >= 0.3 is 5.97 Å². The molecule has 0 spiro atoms. The molecule has 0 amide bonds. The third-order valence-electron chi connectivity index (χ3n) is 1.70. The monoisotopic (exact) mass is 278 g/mol. The Labute approximate surface area is 107 Å². The summed E-state index contributed by atoms with van der Waals surface area (Å²) in [5, 5.41) is 9.11. The molecule has 0 saturated carbocycles. The second kappa shape index (κ2) is 6.13. The van der Waals surface area contributed by atoms with Gasteiger partial charge in [0, 0.05) is 5.56 Å². The standard InChI is InChI=1S/C10H8Cl2O3S/c11-7-2-1-6(3-8(7)12)9(13)4-16-5-10(14)15/h1-3H,4-5H2,(H,14,15). The van der Waals surface area contributed by atoms with Crippen LogP contribution in [0, 0.1) is 0 Å². The van der Waals surface area contributed by atoms with E-state index in [1.54, 1.807) is 12.1 Å². The zero-order valence-corrected chi connectivity index (χ0v) is 10.4. The van der Waals surface area contributed by atoms with Crippen LogP contribution in [-0.4, -0.2) is 28.4 Å². The second-order valence-electron chi connectivity index (χ2n) is 2.94. The van der Waals surface area contributed by atoms with E-state index in [2.05, 4.69) is 0 Å². The third kappa shape index (κ3) is 4.04. The maximum Gasteiger partial charge on any atom is 0.313 e. The molecular formula is C10H8Cl2O3S. The molecule has 0 saturated heterocycles. The summed E-state index contributed by atoms with van der Waals surface area (Å²) in [5.41, 5.74) is 0.437. The Balaban J connectivity index is 2.59. The Kier molecular flexibility index (Phi) is 5.12. The molecule has 0 aliphatic rings. The maximum atomic E-state index is 11.6. The molecule has 0 heterocycles. The molecular weight excluding hydrogens is 271 g/mol. The van der Waals surface area contributed by atoms with Crippen molar-refractivity contribution in [3.63, 3.8) is 0 Å². The molecule has 0 bridgehead atoms. The van der Waals surface area contributed by atoms with Gasteiger partial charge in [-0.25, -0.2) is 0 Å². The lowest BCUT2D eigenvalue weighted by molar-refractivity contribution is -0.133. The normalized spacial score (nSPS) is 10.1. The number of thioether (sulfide) groups is 1. The van der Waals surface area contributed by atoms with Gasteiger partial charge in [-0.15, -0.1) is 11.8 Å². The fraction of sp³-hybridized carbons (Fsp3) is 0.200. The minimum Gasteiger partial charge on any atom is -0.481 e. The van der Waals surface area contributed by atoms with Gasteiger partial charge in [-0.1, -0.05) is 23.2 Å². The summed E-state index contributed by atoms with van der Waals surface area (Å²) in [5.74, 6) is -1.08. The highest BCUT2D eigenvalue weighted by molar-refractivity contribution is 8.00. The van der Waals surface area contributed by atoms with Gasteiger partial charge < -0.3 is 5.11 Å². The lowest BCUT2D eigenvalue weighted by Crippen LogP contribution is -2.06. The average Bonchev–Trinajstić information content (AvgIpc) is 2.21. The van der Waals surface area contributed by atoms with Crippen molar-refractivity contribution in [3.05, 3.63) is 33.8 Å². The molecule has 0 aliphatic heterocycles. The number of carboxylic acids is 1. The van der Waals surface area contributed by atoms with E-state index >= 15 is 0 Å². The van der Waals surface area contributed by atoms with Gasteiger partial charge in [0.15, 0.2) is 5.78 Å². The number of ketones is 1. The average molecular weight is 279 g/mol. The van der Waals surface area contributed by atoms with Crippen molar-refractivity contribution in [2.24, 2.45) is 0 Å². The van der Waals surface area contributed by atoms with Crippen molar-refractivity contribution >= 4 is 46.7 Å². The van der Waals surface area contributed by atoms with Gasteiger partial charge in [0.2, 0.25) is 0 Å². The van der Waals surface area contributed by atoms with E-state index < -0.39 is 5.97 Å². The first-order valence-corrected chi connectivity index (χ1v) is 6.19. The minimum atomic E-state index is -0.938. The molecule has 16 heavy (non-hydrogen) atoms. The second-order valence-corrected chi connectivity index (χ2v) is 4.74. The predicted octanol–water partition coefficient (Wildman–Crippen LogP) is 2.99. The van der Waals surface area contributed by atoms with Gasteiger partial charge in [0.05, 0.1) is 21.6 Å². The smallest absolute Gasteiger partial charge is 0.313 e. The largest absolute Gasteiger partial charge is 0.481 e.